The standard InChI is InChI=1S/C19H13ClF2N2O3S/c20-12-5-10(6-16-18(12)27-4-3-26-16)7-17(25)24-19-23-15(9-28-19)11-1-2-13(21)14(22)8-11/h1-2,5-6,8-9H,3-4,7H2,(H,23,24,25). The Morgan fingerprint density at radius 2 is 2.00 bits per heavy atom. The molecule has 2 heterocycles. The lowest BCUT2D eigenvalue weighted by Crippen LogP contribution is -2.17. The molecule has 1 aliphatic rings. The molecule has 144 valence electrons. The summed E-state index contributed by atoms with van der Waals surface area (Å²) in [4.78, 5) is 16.6. The molecule has 0 aliphatic carbocycles. The molecule has 0 saturated heterocycles. The number of carbonyl (C=O) groups is 1. The first-order valence-electron chi connectivity index (χ1n) is 8.28. The van der Waals surface area contributed by atoms with Gasteiger partial charge in [0.15, 0.2) is 28.3 Å². The minimum Gasteiger partial charge on any atom is -0.486 e. The molecule has 5 nitrogen and oxygen atoms in total. The number of hydrogen-bond acceptors (Lipinski definition) is 5. The van der Waals surface area contributed by atoms with Crippen LogP contribution in [0.1, 0.15) is 5.56 Å². The number of nitrogens with zero attached hydrogens (tertiary/aromatic N) is 1. The Morgan fingerprint density at radius 3 is 2.82 bits per heavy atom. The maximum atomic E-state index is 13.4. The van der Waals surface area contributed by atoms with E-state index in [2.05, 4.69) is 10.3 Å². The molecule has 0 radical (unpaired) electrons. The summed E-state index contributed by atoms with van der Waals surface area (Å²) >= 11 is 7.37. The van der Waals surface area contributed by atoms with Crippen molar-refractivity contribution in [2.24, 2.45) is 0 Å². The van der Waals surface area contributed by atoms with E-state index in [1.165, 1.54) is 17.4 Å². The van der Waals surface area contributed by atoms with Gasteiger partial charge in [-0.2, -0.15) is 0 Å². The predicted octanol–water partition coefficient (Wildman–Crippen LogP) is 4.69. The molecule has 1 aliphatic heterocycles. The van der Waals surface area contributed by atoms with Crippen molar-refractivity contribution in [2.75, 3.05) is 18.5 Å². The van der Waals surface area contributed by atoms with Crippen molar-refractivity contribution >= 4 is 34.0 Å². The van der Waals surface area contributed by atoms with Gasteiger partial charge in [-0.05, 0) is 35.9 Å². The maximum Gasteiger partial charge on any atom is 0.230 e. The van der Waals surface area contributed by atoms with Crippen LogP contribution in [-0.4, -0.2) is 24.1 Å². The van der Waals surface area contributed by atoms with Gasteiger partial charge in [0.05, 0.1) is 17.1 Å². The highest BCUT2D eigenvalue weighted by atomic mass is 35.5. The first kappa shape index (κ1) is 18.6. The zero-order valence-electron chi connectivity index (χ0n) is 14.3. The zero-order valence-corrected chi connectivity index (χ0v) is 15.9. The number of benzene rings is 2. The van der Waals surface area contributed by atoms with Gasteiger partial charge in [0.2, 0.25) is 5.91 Å². The Balaban J connectivity index is 1.45. The monoisotopic (exact) mass is 422 g/mol. The number of thiazole rings is 1. The van der Waals surface area contributed by atoms with Crippen molar-refractivity contribution in [3.8, 4) is 22.8 Å². The van der Waals surface area contributed by atoms with Crippen LogP contribution in [0.5, 0.6) is 11.5 Å². The fourth-order valence-corrected chi connectivity index (χ4v) is 3.76. The van der Waals surface area contributed by atoms with Crippen molar-refractivity contribution in [3.63, 3.8) is 0 Å². The number of hydrogen-bond donors (Lipinski definition) is 1. The van der Waals surface area contributed by atoms with Crippen LogP contribution in [-0.2, 0) is 11.2 Å². The number of rotatable bonds is 4. The summed E-state index contributed by atoms with van der Waals surface area (Å²) in [6.07, 6.45) is 0.0659. The molecule has 28 heavy (non-hydrogen) atoms. The minimum atomic E-state index is -0.952. The van der Waals surface area contributed by atoms with Gasteiger partial charge in [-0.1, -0.05) is 11.6 Å². The Kier molecular flexibility index (Phi) is 5.15. The van der Waals surface area contributed by atoms with Crippen molar-refractivity contribution in [1.82, 2.24) is 4.98 Å². The van der Waals surface area contributed by atoms with Gasteiger partial charge in [0.25, 0.3) is 0 Å². The van der Waals surface area contributed by atoms with Crippen LogP contribution in [0.15, 0.2) is 35.7 Å². The lowest BCUT2D eigenvalue weighted by atomic mass is 10.1. The molecular formula is C19H13ClF2N2O3S. The second-order valence-corrected chi connectivity index (χ2v) is 7.26. The molecule has 3 aromatic rings. The highest BCUT2D eigenvalue weighted by molar-refractivity contribution is 7.14. The van der Waals surface area contributed by atoms with Gasteiger partial charge < -0.3 is 14.8 Å². The summed E-state index contributed by atoms with van der Waals surface area (Å²) in [6, 6.07) is 6.90. The Morgan fingerprint density at radius 1 is 1.18 bits per heavy atom. The van der Waals surface area contributed by atoms with E-state index in [0.29, 0.717) is 51.7 Å². The van der Waals surface area contributed by atoms with Gasteiger partial charge in [-0.25, -0.2) is 13.8 Å². The van der Waals surface area contributed by atoms with E-state index in [0.717, 1.165) is 12.1 Å². The molecule has 1 aromatic heterocycles. The van der Waals surface area contributed by atoms with Gasteiger partial charge >= 0.3 is 0 Å². The number of anilines is 1. The number of nitrogens with one attached hydrogen (secondary N) is 1. The third-order valence-corrected chi connectivity index (χ3v) is 5.03. The van der Waals surface area contributed by atoms with Crippen LogP contribution >= 0.6 is 22.9 Å². The molecule has 1 N–H and O–H groups in total. The van der Waals surface area contributed by atoms with Crippen molar-refractivity contribution in [3.05, 3.63) is 57.9 Å². The Bertz CT molecular complexity index is 1060. The third kappa shape index (κ3) is 3.93. The second kappa shape index (κ2) is 7.73. The number of carbonyl (C=O) groups excluding carboxylic acids is 1. The van der Waals surface area contributed by atoms with Gasteiger partial charge in [0.1, 0.15) is 13.2 Å². The zero-order chi connectivity index (χ0) is 19.7. The number of amides is 1. The topological polar surface area (TPSA) is 60.5 Å². The van der Waals surface area contributed by atoms with E-state index in [4.69, 9.17) is 21.1 Å². The average Bonchev–Trinajstić information content (AvgIpc) is 3.12. The Labute approximate surface area is 167 Å². The summed E-state index contributed by atoms with van der Waals surface area (Å²) in [5.41, 5.74) is 1.54. The molecule has 0 spiro atoms. The van der Waals surface area contributed by atoms with E-state index >= 15 is 0 Å². The van der Waals surface area contributed by atoms with Crippen LogP contribution in [0.4, 0.5) is 13.9 Å². The SMILES string of the molecule is O=C(Cc1cc(Cl)c2c(c1)OCCO2)Nc1nc(-c2ccc(F)c(F)c2)cs1. The smallest absolute Gasteiger partial charge is 0.230 e. The van der Waals surface area contributed by atoms with Crippen LogP contribution in [0, 0.1) is 11.6 Å². The predicted molar refractivity (Wildman–Crippen MR) is 102 cm³/mol. The quantitative estimate of drug-likeness (QED) is 0.662. The number of aromatic nitrogens is 1. The largest absolute Gasteiger partial charge is 0.486 e. The van der Waals surface area contributed by atoms with Crippen LogP contribution in [0.25, 0.3) is 11.3 Å². The van der Waals surface area contributed by atoms with Gasteiger partial charge in [-0.15, -0.1) is 11.3 Å². The lowest BCUT2D eigenvalue weighted by molar-refractivity contribution is -0.115. The number of ether oxygens (including phenoxy) is 2. The van der Waals surface area contributed by atoms with Crippen molar-refractivity contribution in [1.29, 1.82) is 0 Å². The molecular weight excluding hydrogens is 410 g/mol. The first-order chi connectivity index (χ1) is 13.5. The minimum absolute atomic E-state index is 0.0659. The van der Waals surface area contributed by atoms with Crippen molar-refractivity contribution in [2.45, 2.75) is 6.42 Å². The highest BCUT2D eigenvalue weighted by Crippen LogP contribution is 2.38. The summed E-state index contributed by atoms with van der Waals surface area (Å²) in [7, 11) is 0. The van der Waals surface area contributed by atoms with E-state index in [-0.39, 0.29) is 12.3 Å². The molecule has 0 unspecified atom stereocenters. The molecule has 2 aromatic carbocycles. The maximum absolute atomic E-state index is 13.4. The average molecular weight is 423 g/mol. The highest BCUT2D eigenvalue weighted by Gasteiger charge is 2.18. The summed E-state index contributed by atoms with van der Waals surface area (Å²) < 4.78 is 37.4. The fraction of sp³-hybridized carbons (Fsp3) is 0.158. The van der Waals surface area contributed by atoms with E-state index < -0.39 is 11.6 Å². The van der Waals surface area contributed by atoms with Crippen LogP contribution < -0.4 is 14.8 Å². The second-order valence-electron chi connectivity index (χ2n) is 5.99. The molecule has 0 bridgehead atoms. The molecule has 0 fully saturated rings. The lowest BCUT2D eigenvalue weighted by Gasteiger charge is -2.20. The number of fused-ring (bicyclic) bond motifs is 1. The molecule has 4 rings (SSSR count). The normalized spacial score (nSPS) is 12.7. The third-order valence-electron chi connectivity index (χ3n) is 3.99. The fourth-order valence-electron chi connectivity index (χ4n) is 2.73. The Hall–Kier alpha value is -2.71. The summed E-state index contributed by atoms with van der Waals surface area (Å²) in [5.74, 6) is -1.18. The van der Waals surface area contributed by atoms with Gasteiger partial charge in [-0.3, -0.25) is 4.79 Å². The van der Waals surface area contributed by atoms with E-state index in [1.54, 1.807) is 17.5 Å². The molecule has 0 atom stereocenters. The van der Waals surface area contributed by atoms with Crippen molar-refractivity contribution < 1.29 is 23.0 Å². The first-order valence-corrected chi connectivity index (χ1v) is 9.54. The summed E-state index contributed by atoms with van der Waals surface area (Å²) in [6.45, 7) is 0.849. The molecule has 9 heteroatoms. The van der Waals surface area contributed by atoms with Crippen LogP contribution in [0.2, 0.25) is 5.02 Å². The molecule has 0 saturated carbocycles. The molecule has 1 amide bonds. The number of halogens is 3. The summed E-state index contributed by atoms with van der Waals surface area (Å²) in [5, 5.41) is 5.09. The van der Waals surface area contributed by atoms with E-state index in [1.807, 2.05) is 0 Å². The van der Waals surface area contributed by atoms with Crippen LogP contribution in [0.3, 0.4) is 0 Å². The van der Waals surface area contributed by atoms with E-state index in [9.17, 15) is 13.6 Å². The van der Waals surface area contributed by atoms with Gasteiger partial charge in [0, 0.05) is 10.9 Å².